The highest BCUT2D eigenvalue weighted by Crippen LogP contribution is 2.50. The van der Waals surface area contributed by atoms with Crippen LogP contribution >= 0.6 is 0 Å². The van der Waals surface area contributed by atoms with Gasteiger partial charge >= 0.3 is 12.5 Å². The van der Waals surface area contributed by atoms with Crippen molar-refractivity contribution >= 4 is 0 Å². The number of hydrogen-bond donors (Lipinski definition) is 0. The molecule has 0 amide bonds. The van der Waals surface area contributed by atoms with E-state index < -0.39 is 80.2 Å². The number of rotatable bonds is 6. The molecule has 4 aliphatic rings. The molecule has 4 unspecified atom stereocenters. The van der Waals surface area contributed by atoms with Crippen LogP contribution in [0.15, 0.2) is 0 Å². The normalized spacial score (nSPS) is 45.6. The Hall–Kier alpha value is -0.780. The Morgan fingerprint density at radius 3 is 1.34 bits per heavy atom. The van der Waals surface area contributed by atoms with E-state index in [1.54, 1.807) is 0 Å². The first kappa shape index (κ1) is 30.2. The van der Waals surface area contributed by atoms with Gasteiger partial charge in [-0.05, 0) is 87.9 Å². The first-order valence-electron chi connectivity index (χ1n) is 13.7. The molecule has 12 heteroatoms. The van der Waals surface area contributed by atoms with E-state index in [4.69, 9.17) is 0 Å². The molecule has 0 radical (unpaired) electrons. The molecule has 4 atom stereocenters. The van der Waals surface area contributed by atoms with Gasteiger partial charge in [-0.25, -0.2) is 22.0 Å². The lowest BCUT2D eigenvalue weighted by atomic mass is 9.65. The van der Waals surface area contributed by atoms with Crippen LogP contribution in [0.5, 0.6) is 0 Å². The summed E-state index contributed by atoms with van der Waals surface area (Å²) in [6.07, 6.45) is -21.0. The lowest BCUT2D eigenvalue weighted by Crippen LogP contribution is -2.53. The van der Waals surface area contributed by atoms with Crippen LogP contribution in [0.4, 0.5) is 43.9 Å². The second kappa shape index (κ2) is 12.0. The predicted molar refractivity (Wildman–Crippen MR) is 118 cm³/mol. The van der Waals surface area contributed by atoms with Crippen LogP contribution in [0, 0.1) is 29.6 Å². The van der Waals surface area contributed by atoms with Crippen LogP contribution in [0.1, 0.15) is 77.0 Å². The maximum atomic E-state index is 15.0. The van der Waals surface area contributed by atoms with Crippen molar-refractivity contribution in [1.82, 2.24) is 0 Å². The molecule has 0 aromatic carbocycles. The van der Waals surface area contributed by atoms with Crippen LogP contribution in [-0.4, -0.2) is 55.5 Å². The quantitative estimate of drug-likeness (QED) is 0.299. The standard InChI is InChI=1S/C26H36F10O2/c27-17-7-5-14(6-8-17)13-1-3-15(4-2-13)16-9-19(28)23(20(29)10-16)25(32,33)37-18-11-21(30)24(22(31)12-18)38-26(34,35)36/h13-24H,1-12H2. The van der Waals surface area contributed by atoms with E-state index in [0.29, 0.717) is 24.7 Å². The Morgan fingerprint density at radius 1 is 0.474 bits per heavy atom. The molecule has 4 rings (SSSR count). The largest absolute Gasteiger partial charge is 0.522 e. The third kappa shape index (κ3) is 7.29. The Morgan fingerprint density at radius 2 is 0.895 bits per heavy atom. The fourth-order valence-electron chi connectivity index (χ4n) is 7.43. The molecule has 0 saturated heterocycles. The Bertz CT molecular complexity index is 727. The zero-order valence-corrected chi connectivity index (χ0v) is 21.0. The smallest absolute Gasteiger partial charge is 0.317 e. The SMILES string of the molecule is FC1CCC(C2CCC(C3CC(F)C(C(F)(F)OC4CC(F)C(OC(F)(F)F)C(F)C4)C(F)C3)CC2)CC1. The highest BCUT2D eigenvalue weighted by molar-refractivity contribution is 4.96. The maximum Gasteiger partial charge on any atom is 0.522 e. The molecule has 4 saturated carbocycles. The van der Waals surface area contributed by atoms with Crippen molar-refractivity contribution in [2.75, 3.05) is 0 Å². The highest BCUT2D eigenvalue weighted by Gasteiger charge is 2.57. The van der Waals surface area contributed by atoms with Crippen LogP contribution < -0.4 is 0 Å². The van der Waals surface area contributed by atoms with E-state index in [1.807, 2.05) is 0 Å². The van der Waals surface area contributed by atoms with Gasteiger partial charge in [-0.2, -0.15) is 8.78 Å². The summed E-state index contributed by atoms with van der Waals surface area (Å²) in [6, 6.07) is 0. The molecular weight excluding hydrogens is 534 g/mol. The summed E-state index contributed by atoms with van der Waals surface area (Å²) in [6.45, 7) is 0. The van der Waals surface area contributed by atoms with Gasteiger partial charge in [0.05, 0.1) is 6.10 Å². The van der Waals surface area contributed by atoms with Crippen LogP contribution in [-0.2, 0) is 9.47 Å². The van der Waals surface area contributed by atoms with Crippen LogP contribution in [0.3, 0.4) is 0 Å². The molecular formula is C26H36F10O2. The van der Waals surface area contributed by atoms with E-state index in [9.17, 15) is 35.1 Å². The Kier molecular flexibility index (Phi) is 9.52. The van der Waals surface area contributed by atoms with Crippen LogP contribution in [0.2, 0.25) is 0 Å². The van der Waals surface area contributed by atoms with Gasteiger partial charge in [-0.15, -0.1) is 13.2 Å². The van der Waals surface area contributed by atoms with Crippen molar-refractivity contribution in [2.45, 2.75) is 133 Å². The first-order chi connectivity index (χ1) is 17.7. The average Bonchev–Trinajstić information content (AvgIpc) is 2.80. The second-order valence-corrected chi connectivity index (χ2v) is 11.8. The zero-order valence-electron chi connectivity index (χ0n) is 21.0. The number of halogens is 10. The maximum absolute atomic E-state index is 15.0. The zero-order chi connectivity index (χ0) is 27.8. The summed E-state index contributed by atoms with van der Waals surface area (Å²) in [5.74, 6) is -1.98. The average molecular weight is 571 g/mol. The third-order valence-corrected chi connectivity index (χ3v) is 9.36. The molecule has 0 aliphatic heterocycles. The van der Waals surface area contributed by atoms with Crippen molar-refractivity contribution in [3.8, 4) is 0 Å². The van der Waals surface area contributed by atoms with E-state index in [1.165, 1.54) is 0 Å². The van der Waals surface area contributed by atoms with E-state index in [-0.39, 0.29) is 18.8 Å². The number of ether oxygens (including phenoxy) is 2. The summed E-state index contributed by atoms with van der Waals surface area (Å²) in [5.41, 5.74) is 0. The second-order valence-electron chi connectivity index (χ2n) is 11.8. The predicted octanol–water partition coefficient (Wildman–Crippen LogP) is 8.38. The molecule has 0 spiro atoms. The minimum atomic E-state index is -5.31. The van der Waals surface area contributed by atoms with E-state index in [0.717, 1.165) is 38.5 Å². The molecule has 0 N–H and O–H groups in total. The summed E-state index contributed by atoms with van der Waals surface area (Å²) >= 11 is 0. The molecule has 0 bridgehead atoms. The first-order valence-corrected chi connectivity index (χ1v) is 13.7. The summed E-state index contributed by atoms with van der Waals surface area (Å²) in [5, 5.41) is 0. The highest BCUT2D eigenvalue weighted by atomic mass is 19.4. The van der Waals surface area contributed by atoms with Crippen molar-refractivity contribution in [2.24, 2.45) is 29.6 Å². The lowest BCUT2D eigenvalue weighted by molar-refractivity contribution is -0.366. The number of hydrogen-bond acceptors (Lipinski definition) is 2. The van der Waals surface area contributed by atoms with Gasteiger partial charge < -0.3 is 4.74 Å². The number of alkyl halides is 10. The van der Waals surface area contributed by atoms with Crippen LogP contribution in [0.25, 0.3) is 0 Å². The van der Waals surface area contributed by atoms with E-state index in [2.05, 4.69) is 9.47 Å². The summed E-state index contributed by atoms with van der Waals surface area (Å²) < 4.78 is 147. The summed E-state index contributed by atoms with van der Waals surface area (Å²) in [4.78, 5) is 0. The summed E-state index contributed by atoms with van der Waals surface area (Å²) in [7, 11) is 0. The van der Waals surface area contributed by atoms with Gasteiger partial charge in [-0.1, -0.05) is 0 Å². The molecule has 4 aliphatic carbocycles. The van der Waals surface area contributed by atoms with Crippen molar-refractivity contribution < 1.29 is 53.4 Å². The van der Waals surface area contributed by atoms with Gasteiger partial charge in [-0.3, -0.25) is 4.74 Å². The molecule has 38 heavy (non-hydrogen) atoms. The van der Waals surface area contributed by atoms with Gasteiger partial charge in [0.1, 0.15) is 42.9 Å². The van der Waals surface area contributed by atoms with Crippen molar-refractivity contribution in [1.29, 1.82) is 0 Å². The Labute approximate surface area is 216 Å². The minimum Gasteiger partial charge on any atom is -0.317 e. The lowest BCUT2D eigenvalue weighted by Gasteiger charge is -2.44. The molecule has 0 heterocycles. The molecule has 222 valence electrons. The molecule has 0 aromatic rings. The molecule has 2 nitrogen and oxygen atoms in total. The third-order valence-electron chi connectivity index (χ3n) is 9.36. The van der Waals surface area contributed by atoms with E-state index >= 15 is 8.78 Å². The fraction of sp³-hybridized carbons (Fsp3) is 1.00. The van der Waals surface area contributed by atoms with Crippen molar-refractivity contribution in [3.63, 3.8) is 0 Å². The molecule has 4 fully saturated rings. The topological polar surface area (TPSA) is 18.5 Å². The monoisotopic (exact) mass is 570 g/mol. The minimum absolute atomic E-state index is 0.000688. The molecule has 0 aromatic heterocycles. The van der Waals surface area contributed by atoms with Gasteiger partial charge in [0, 0.05) is 12.8 Å². The van der Waals surface area contributed by atoms with Gasteiger partial charge in [0.2, 0.25) is 0 Å². The van der Waals surface area contributed by atoms with Gasteiger partial charge in [0.15, 0.2) is 0 Å². The Balaban J connectivity index is 1.28. The van der Waals surface area contributed by atoms with Crippen molar-refractivity contribution in [3.05, 3.63) is 0 Å². The van der Waals surface area contributed by atoms with Gasteiger partial charge in [0.25, 0.3) is 0 Å². The fourth-order valence-corrected chi connectivity index (χ4v) is 7.43.